The van der Waals surface area contributed by atoms with Crippen LogP contribution in [0, 0.1) is 13.8 Å². The van der Waals surface area contributed by atoms with E-state index in [9.17, 15) is 4.79 Å². The fraction of sp³-hybridized carbons (Fsp3) is 0.227. The van der Waals surface area contributed by atoms with E-state index in [1.807, 2.05) is 50.2 Å². The Kier molecular flexibility index (Phi) is 5.57. The zero-order valence-corrected chi connectivity index (χ0v) is 17.1. The van der Waals surface area contributed by atoms with Crippen molar-refractivity contribution in [1.82, 2.24) is 14.8 Å². The highest BCUT2D eigenvalue weighted by Gasteiger charge is 2.18. The van der Waals surface area contributed by atoms with Crippen molar-refractivity contribution >= 4 is 17.1 Å². The third-order valence-electron chi connectivity index (χ3n) is 4.79. The molecule has 0 aliphatic rings. The molecule has 0 fully saturated rings. The lowest BCUT2D eigenvalue weighted by Gasteiger charge is -2.09. The minimum absolute atomic E-state index is 0.0105. The second kappa shape index (κ2) is 8.45. The smallest absolute Gasteiger partial charge is 0.415 e. The zero-order valence-electron chi connectivity index (χ0n) is 16.3. The second-order valence-electron chi connectivity index (χ2n) is 6.72. The molecule has 0 saturated carbocycles. The van der Waals surface area contributed by atoms with Crippen molar-refractivity contribution in [2.24, 2.45) is 0 Å². The largest absolute Gasteiger partial charge is 0.441 e. The van der Waals surface area contributed by atoms with Gasteiger partial charge in [0.05, 0.1) is 0 Å². The highest BCUT2D eigenvalue weighted by Crippen LogP contribution is 2.21. The van der Waals surface area contributed by atoms with Crippen molar-refractivity contribution in [1.29, 1.82) is 0 Å². The van der Waals surface area contributed by atoms with Gasteiger partial charge >= 0.3 is 6.08 Å². The summed E-state index contributed by atoms with van der Waals surface area (Å²) in [5.74, 6) is 0.250. The number of nitrogens with zero attached hydrogens (tertiary/aromatic N) is 3. The highest BCUT2D eigenvalue weighted by molar-refractivity contribution is 7.09. The third kappa shape index (κ3) is 4.30. The standard InChI is InChI=1S/C22H21N3O3S/c1-15-13-19(16(2)25(15)11-10-18-9-6-12-29-18)20(26)14-27-22-24-23-21(28-22)17-7-4-3-5-8-17/h3-9,12-13H,10-11,14H2,1-2H3. The first kappa shape index (κ1) is 19.1. The molecule has 29 heavy (non-hydrogen) atoms. The highest BCUT2D eigenvalue weighted by atomic mass is 32.1. The predicted octanol–water partition coefficient (Wildman–Crippen LogP) is 4.72. The summed E-state index contributed by atoms with van der Waals surface area (Å²) >= 11 is 1.75. The van der Waals surface area contributed by atoms with E-state index in [1.54, 1.807) is 11.3 Å². The first-order chi connectivity index (χ1) is 14.1. The molecule has 3 aromatic heterocycles. The molecule has 1 aromatic carbocycles. The molecule has 6 nitrogen and oxygen atoms in total. The van der Waals surface area contributed by atoms with Crippen molar-refractivity contribution in [3.8, 4) is 17.5 Å². The van der Waals surface area contributed by atoms with E-state index in [2.05, 4.69) is 32.3 Å². The molecule has 7 heteroatoms. The first-order valence-corrected chi connectivity index (χ1v) is 10.2. The number of carbonyl (C=O) groups is 1. The Morgan fingerprint density at radius 1 is 1.14 bits per heavy atom. The van der Waals surface area contributed by atoms with Gasteiger partial charge in [-0.05, 0) is 49.9 Å². The van der Waals surface area contributed by atoms with Gasteiger partial charge in [-0.1, -0.05) is 29.4 Å². The van der Waals surface area contributed by atoms with Crippen LogP contribution in [0.15, 0.2) is 58.3 Å². The second-order valence-corrected chi connectivity index (χ2v) is 7.75. The van der Waals surface area contributed by atoms with Gasteiger partial charge in [0, 0.05) is 33.9 Å². The van der Waals surface area contributed by atoms with Crippen LogP contribution in [0.3, 0.4) is 0 Å². The van der Waals surface area contributed by atoms with Crippen LogP contribution in [-0.4, -0.2) is 27.2 Å². The van der Waals surface area contributed by atoms with Crippen LogP contribution >= 0.6 is 11.3 Å². The number of ether oxygens (including phenoxy) is 1. The van der Waals surface area contributed by atoms with Crippen LogP contribution in [0.2, 0.25) is 0 Å². The van der Waals surface area contributed by atoms with Crippen LogP contribution < -0.4 is 4.74 Å². The topological polar surface area (TPSA) is 70.2 Å². The SMILES string of the molecule is Cc1cc(C(=O)COc2nnc(-c3ccccc3)o2)c(C)n1CCc1cccs1. The van der Waals surface area contributed by atoms with Crippen LogP contribution in [0.5, 0.6) is 6.08 Å². The lowest BCUT2D eigenvalue weighted by atomic mass is 10.1. The van der Waals surface area contributed by atoms with Gasteiger partial charge < -0.3 is 13.7 Å². The van der Waals surface area contributed by atoms with Gasteiger partial charge in [0.25, 0.3) is 5.89 Å². The van der Waals surface area contributed by atoms with Crippen molar-refractivity contribution in [3.63, 3.8) is 0 Å². The van der Waals surface area contributed by atoms with E-state index >= 15 is 0 Å². The Bertz CT molecular complexity index is 1100. The maximum atomic E-state index is 12.7. The van der Waals surface area contributed by atoms with E-state index in [0.29, 0.717) is 11.5 Å². The van der Waals surface area contributed by atoms with Crippen LogP contribution in [0.1, 0.15) is 26.6 Å². The van der Waals surface area contributed by atoms with Crippen molar-refractivity contribution in [2.75, 3.05) is 6.61 Å². The van der Waals surface area contributed by atoms with E-state index in [0.717, 1.165) is 29.9 Å². The summed E-state index contributed by atoms with van der Waals surface area (Å²) in [6.07, 6.45) is 0.936. The molecule has 0 aliphatic heterocycles. The lowest BCUT2D eigenvalue weighted by molar-refractivity contribution is 0.0893. The summed E-state index contributed by atoms with van der Waals surface area (Å²) in [5.41, 5.74) is 3.47. The summed E-state index contributed by atoms with van der Waals surface area (Å²) in [4.78, 5) is 14.0. The van der Waals surface area contributed by atoms with Gasteiger partial charge in [-0.2, -0.15) is 0 Å². The molecule has 0 radical (unpaired) electrons. The molecule has 148 valence electrons. The first-order valence-electron chi connectivity index (χ1n) is 9.36. The Balaban J connectivity index is 1.40. The van der Waals surface area contributed by atoms with Crippen LogP contribution in [0.25, 0.3) is 11.5 Å². The van der Waals surface area contributed by atoms with E-state index in [1.165, 1.54) is 4.88 Å². The lowest BCUT2D eigenvalue weighted by Crippen LogP contribution is -2.13. The van der Waals surface area contributed by atoms with Crippen molar-refractivity contribution in [2.45, 2.75) is 26.8 Å². The normalized spacial score (nSPS) is 11.0. The number of aromatic nitrogens is 3. The molecule has 0 atom stereocenters. The molecule has 0 amide bonds. The molecular weight excluding hydrogens is 386 g/mol. The molecule has 0 N–H and O–H groups in total. The van der Waals surface area contributed by atoms with Crippen LogP contribution in [-0.2, 0) is 13.0 Å². The Morgan fingerprint density at radius 3 is 2.72 bits per heavy atom. The Morgan fingerprint density at radius 2 is 1.97 bits per heavy atom. The quantitative estimate of drug-likeness (QED) is 0.395. The van der Waals surface area contributed by atoms with Gasteiger partial charge in [0.15, 0.2) is 6.61 Å². The molecule has 3 heterocycles. The third-order valence-corrected chi connectivity index (χ3v) is 5.73. The summed E-state index contributed by atoms with van der Waals surface area (Å²) in [5, 5.41) is 9.91. The van der Waals surface area contributed by atoms with Crippen LogP contribution in [0.4, 0.5) is 0 Å². The van der Waals surface area contributed by atoms with E-state index in [4.69, 9.17) is 9.15 Å². The molecule has 0 aliphatic carbocycles. The number of hydrogen-bond acceptors (Lipinski definition) is 6. The monoisotopic (exact) mass is 407 g/mol. The van der Waals surface area contributed by atoms with Gasteiger partial charge in [-0.25, -0.2) is 0 Å². The number of aryl methyl sites for hydroxylation is 2. The minimum atomic E-state index is -0.147. The van der Waals surface area contributed by atoms with E-state index in [-0.39, 0.29) is 18.5 Å². The number of Topliss-reactive ketones (excluding diaryl/α,β-unsaturated/α-hetero) is 1. The number of rotatable bonds is 8. The average molecular weight is 407 g/mol. The van der Waals surface area contributed by atoms with Crippen molar-refractivity contribution < 1.29 is 13.9 Å². The Hall–Kier alpha value is -3.19. The number of benzene rings is 1. The van der Waals surface area contributed by atoms with Gasteiger partial charge in [0.1, 0.15) is 0 Å². The number of carbonyl (C=O) groups excluding carboxylic acids is 1. The summed E-state index contributed by atoms with van der Waals surface area (Å²) < 4.78 is 13.1. The maximum absolute atomic E-state index is 12.7. The average Bonchev–Trinajstić information content (AvgIpc) is 3.47. The summed E-state index contributed by atoms with van der Waals surface area (Å²) in [7, 11) is 0. The molecule has 4 aromatic rings. The number of hydrogen-bond donors (Lipinski definition) is 0. The fourth-order valence-corrected chi connectivity index (χ4v) is 3.97. The molecule has 0 spiro atoms. The van der Waals surface area contributed by atoms with Crippen molar-refractivity contribution in [3.05, 3.63) is 75.7 Å². The predicted molar refractivity (Wildman–Crippen MR) is 111 cm³/mol. The van der Waals surface area contributed by atoms with E-state index < -0.39 is 0 Å². The number of thiophene rings is 1. The Labute approximate surface area is 172 Å². The molecule has 0 bridgehead atoms. The molecule has 0 unspecified atom stereocenters. The van der Waals surface area contributed by atoms with Gasteiger partial charge in [-0.15, -0.1) is 16.4 Å². The molecular formula is C22H21N3O3S. The minimum Gasteiger partial charge on any atom is -0.441 e. The maximum Gasteiger partial charge on any atom is 0.415 e. The van der Waals surface area contributed by atoms with Gasteiger partial charge in [0.2, 0.25) is 5.78 Å². The molecule has 4 rings (SSSR count). The van der Waals surface area contributed by atoms with Gasteiger partial charge in [-0.3, -0.25) is 4.79 Å². The number of ketones is 1. The zero-order chi connectivity index (χ0) is 20.2. The fourth-order valence-electron chi connectivity index (χ4n) is 3.27. The summed E-state index contributed by atoms with van der Waals surface area (Å²) in [6.45, 7) is 4.68. The summed E-state index contributed by atoms with van der Waals surface area (Å²) in [6, 6.07) is 15.5. The molecule has 0 saturated heterocycles.